The molecule has 0 radical (unpaired) electrons. The van der Waals surface area contributed by atoms with E-state index in [9.17, 15) is 0 Å². The van der Waals surface area contributed by atoms with Crippen LogP contribution in [-0.4, -0.2) is 28.0 Å². The molecule has 0 fully saturated rings. The third kappa shape index (κ3) is 2.90. The van der Waals surface area contributed by atoms with Gasteiger partial charge >= 0.3 is 0 Å². The number of benzene rings is 1. The lowest BCUT2D eigenvalue weighted by atomic mass is 10.1. The fourth-order valence-electron chi connectivity index (χ4n) is 2.65. The van der Waals surface area contributed by atoms with Crippen molar-refractivity contribution in [3.8, 4) is 22.8 Å². The molecule has 0 spiro atoms. The van der Waals surface area contributed by atoms with E-state index < -0.39 is 0 Å². The van der Waals surface area contributed by atoms with Gasteiger partial charge in [0.25, 0.3) is 0 Å². The van der Waals surface area contributed by atoms with Crippen LogP contribution in [0.4, 0.5) is 5.82 Å². The first-order valence-electron chi connectivity index (χ1n) is 7.87. The molecule has 0 bridgehead atoms. The molecule has 24 heavy (non-hydrogen) atoms. The fraction of sp³-hybridized carbons (Fsp3) is 0.222. The lowest BCUT2D eigenvalue weighted by Gasteiger charge is -2.18. The summed E-state index contributed by atoms with van der Waals surface area (Å²) in [6, 6.07) is 13.8. The van der Waals surface area contributed by atoms with Gasteiger partial charge in [0.1, 0.15) is 19.0 Å². The van der Waals surface area contributed by atoms with E-state index in [2.05, 4.69) is 15.4 Å². The highest BCUT2D eigenvalue weighted by molar-refractivity contribution is 5.65. The summed E-state index contributed by atoms with van der Waals surface area (Å²) in [6.45, 7) is 1.85. The van der Waals surface area contributed by atoms with E-state index in [4.69, 9.17) is 9.47 Å². The van der Waals surface area contributed by atoms with Crippen molar-refractivity contribution in [2.45, 2.75) is 6.54 Å². The molecular weight excluding hydrogens is 304 g/mol. The van der Waals surface area contributed by atoms with Gasteiger partial charge in [-0.05, 0) is 36.4 Å². The van der Waals surface area contributed by atoms with Crippen LogP contribution in [0.1, 0.15) is 5.69 Å². The highest BCUT2D eigenvalue weighted by Crippen LogP contribution is 2.34. The number of fused-ring (bicyclic) bond motifs is 1. The molecule has 4 rings (SSSR count). The molecule has 6 nitrogen and oxygen atoms in total. The molecule has 1 aliphatic heterocycles. The summed E-state index contributed by atoms with van der Waals surface area (Å²) in [6.07, 6.45) is 1.79. The van der Waals surface area contributed by atoms with Gasteiger partial charge in [0.2, 0.25) is 0 Å². The molecule has 0 atom stereocenters. The topological polar surface area (TPSA) is 61.2 Å². The van der Waals surface area contributed by atoms with Crippen LogP contribution in [0, 0.1) is 0 Å². The number of rotatable bonds is 4. The summed E-state index contributed by atoms with van der Waals surface area (Å²) in [7, 11) is 1.93. The van der Waals surface area contributed by atoms with E-state index in [0.717, 1.165) is 34.3 Å². The molecule has 0 amide bonds. The van der Waals surface area contributed by atoms with Crippen molar-refractivity contribution in [1.82, 2.24) is 14.8 Å². The fourth-order valence-corrected chi connectivity index (χ4v) is 2.65. The number of aromatic nitrogens is 3. The maximum absolute atomic E-state index is 5.65. The summed E-state index contributed by atoms with van der Waals surface area (Å²) < 4.78 is 13.1. The van der Waals surface area contributed by atoms with Gasteiger partial charge in [0, 0.05) is 18.8 Å². The first-order chi connectivity index (χ1) is 11.8. The summed E-state index contributed by atoms with van der Waals surface area (Å²) >= 11 is 0. The van der Waals surface area contributed by atoms with E-state index in [-0.39, 0.29) is 0 Å². The molecule has 1 aromatic carbocycles. The molecule has 0 saturated carbocycles. The van der Waals surface area contributed by atoms with Crippen molar-refractivity contribution in [1.29, 1.82) is 0 Å². The Morgan fingerprint density at radius 1 is 1.08 bits per heavy atom. The Balaban J connectivity index is 1.55. The summed E-state index contributed by atoms with van der Waals surface area (Å²) in [5.74, 6) is 2.38. The quantitative estimate of drug-likeness (QED) is 0.800. The summed E-state index contributed by atoms with van der Waals surface area (Å²) in [4.78, 5) is 4.68. The third-order valence-electron chi connectivity index (χ3n) is 3.96. The number of hydrogen-bond acceptors (Lipinski definition) is 5. The number of nitrogens with one attached hydrogen (secondary N) is 1. The highest BCUT2D eigenvalue weighted by atomic mass is 16.6. The van der Waals surface area contributed by atoms with Gasteiger partial charge in [-0.25, -0.2) is 4.98 Å². The number of anilines is 1. The molecule has 2 aromatic heterocycles. The standard InChI is InChI=1S/C18H18N4O2/c1-22-14(7-8-20-22)12-19-18-4-2-3-15(21-18)13-5-6-16-17(11-13)24-10-9-23-16/h2-8,11H,9-10,12H2,1H3,(H,19,21). The van der Waals surface area contributed by atoms with Crippen molar-refractivity contribution in [3.63, 3.8) is 0 Å². The molecule has 3 heterocycles. The predicted molar refractivity (Wildman–Crippen MR) is 91.2 cm³/mol. The maximum Gasteiger partial charge on any atom is 0.162 e. The van der Waals surface area contributed by atoms with Crippen LogP contribution >= 0.6 is 0 Å². The van der Waals surface area contributed by atoms with Gasteiger partial charge in [-0.1, -0.05) is 6.07 Å². The van der Waals surface area contributed by atoms with Crippen LogP contribution in [-0.2, 0) is 13.6 Å². The molecule has 0 unspecified atom stereocenters. The second kappa shape index (κ2) is 6.23. The van der Waals surface area contributed by atoms with E-state index in [1.807, 2.05) is 54.2 Å². The van der Waals surface area contributed by atoms with Crippen LogP contribution in [0.3, 0.4) is 0 Å². The SMILES string of the molecule is Cn1nccc1CNc1cccc(-c2ccc3c(c2)OCCO3)n1. The van der Waals surface area contributed by atoms with Gasteiger partial charge in [-0.3, -0.25) is 4.68 Å². The van der Waals surface area contributed by atoms with E-state index in [1.165, 1.54) is 0 Å². The third-order valence-corrected chi connectivity index (χ3v) is 3.96. The smallest absolute Gasteiger partial charge is 0.162 e. The Bertz CT molecular complexity index is 860. The molecule has 6 heteroatoms. The van der Waals surface area contributed by atoms with Gasteiger partial charge < -0.3 is 14.8 Å². The first kappa shape index (κ1) is 14.6. The van der Waals surface area contributed by atoms with Gasteiger partial charge in [-0.15, -0.1) is 0 Å². The van der Waals surface area contributed by atoms with Crippen LogP contribution in [0.2, 0.25) is 0 Å². The lowest BCUT2D eigenvalue weighted by molar-refractivity contribution is 0.171. The Morgan fingerprint density at radius 2 is 1.96 bits per heavy atom. The van der Waals surface area contributed by atoms with Crippen LogP contribution in [0.15, 0.2) is 48.7 Å². The van der Waals surface area contributed by atoms with Gasteiger partial charge in [-0.2, -0.15) is 5.10 Å². The minimum atomic E-state index is 0.580. The van der Waals surface area contributed by atoms with E-state index in [0.29, 0.717) is 19.8 Å². The summed E-state index contributed by atoms with van der Waals surface area (Å²) in [5.41, 5.74) is 2.99. The number of aryl methyl sites for hydroxylation is 1. The zero-order valence-corrected chi connectivity index (χ0v) is 13.4. The Labute approximate surface area is 140 Å². The molecule has 0 aliphatic carbocycles. The number of ether oxygens (including phenoxy) is 2. The molecule has 0 saturated heterocycles. The van der Waals surface area contributed by atoms with Crippen LogP contribution < -0.4 is 14.8 Å². The molecular formula is C18H18N4O2. The average Bonchev–Trinajstić information content (AvgIpc) is 3.05. The lowest BCUT2D eigenvalue weighted by Crippen LogP contribution is -2.15. The molecule has 1 aliphatic rings. The second-order valence-electron chi connectivity index (χ2n) is 5.57. The van der Waals surface area contributed by atoms with Crippen molar-refractivity contribution in [3.05, 3.63) is 54.4 Å². The Kier molecular flexibility index (Phi) is 3.78. The van der Waals surface area contributed by atoms with Crippen molar-refractivity contribution >= 4 is 5.82 Å². The Hall–Kier alpha value is -3.02. The monoisotopic (exact) mass is 322 g/mol. The zero-order chi connectivity index (χ0) is 16.4. The van der Waals surface area contributed by atoms with Gasteiger partial charge in [0.05, 0.1) is 17.9 Å². The van der Waals surface area contributed by atoms with Crippen LogP contribution in [0.5, 0.6) is 11.5 Å². The van der Waals surface area contributed by atoms with E-state index in [1.54, 1.807) is 6.20 Å². The zero-order valence-electron chi connectivity index (χ0n) is 13.4. The highest BCUT2D eigenvalue weighted by Gasteiger charge is 2.13. The molecule has 1 N–H and O–H groups in total. The van der Waals surface area contributed by atoms with Crippen molar-refractivity contribution in [2.24, 2.45) is 7.05 Å². The number of hydrogen-bond donors (Lipinski definition) is 1. The largest absolute Gasteiger partial charge is 0.486 e. The number of nitrogens with zero attached hydrogens (tertiary/aromatic N) is 3. The Morgan fingerprint density at radius 3 is 2.79 bits per heavy atom. The van der Waals surface area contributed by atoms with Crippen molar-refractivity contribution in [2.75, 3.05) is 18.5 Å². The average molecular weight is 322 g/mol. The molecule has 122 valence electrons. The summed E-state index contributed by atoms with van der Waals surface area (Å²) in [5, 5.41) is 7.50. The first-order valence-corrected chi connectivity index (χ1v) is 7.87. The molecule has 3 aromatic rings. The predicted octanol–water partition coefficient (Wildman–Crippen LogP) is 2.87. The second-order valence-corrected chi connectivity index (χ2v) is 5.57. The maximum atomic E-state index is 5.65. The van der Waals surface area contributed by atoms with Gasteiger partial charge in [0.15, 0.2) is 11.5 Å². The van der Waals surface area contributed by atoms with Crippen molar-refractivity contribution < 1.29 is 9.47 Å². The van der Waals surface area contributed by atoms with Crippen LogP contribution in [0.25, 0.3) is 11.3 Å². The number of pyridine rings is 1. The van der Waals surface area contributed by atoms with E-state index >= 15 is 0 Å². The minimum absolute atomic E-state index is 0.580. The minimum Gasteiger partial charge on any atom is -0.486 e. The normalized spacial score (nSPS) is 12.9.